The van der Waals surface area contributed by atoms with E-state index < -0.39 is 10.0 Å². The minimum Gasteiger partial charge on any atom is -0.336 e. The van der Waals surface area contributed by atoms with Crippen LogP contribution in [0.5, 0.6) is 0 Å². The van der Waals surface area contributed by atoms with E-state index in [1.54, 1.807) is 23.5 Å². The molecule has 0 unspecified atom stereocenters. The number of amides is 1. The van der Waals surface area contributed by atoms with Gasteiger partial charge in [0.1, 0.15) is 5.01 Å². The van der Waals surface area contributed by atoms with Crippen LogP contribution in [0.3, 0.4) is 0 Å². The van der Waals surface area contributed by atoms with Gasteiger partial charge >= 0.3 is 0 Å². The third-order valence-corrected chi connectivity index (χ3v) is 8.14. The Morgan fingerprint density at radius 1 is 1.10 bits per heavy atom. The SMILES string of the molecule is CCN(CC)S(=O)(=O)c1ccc(C(=O)N2CCN(Cc3nc(C)cs3)CC2)cc1. The van der Waals surface area contributed by atoms with Crippen LogP contribution in [0.1, 0.15) is 34.9 Å². The van der Waals surface area contributed by atoms with Crippen LogP contribution in [0, 0.1) is 6.92 Å². The van der Waals surface area contributed by atoms with Gasteiger partial charge in [-0.25, -0.2) is 13.4 Å². The van der Waals surface area contributed by atoms with Crippen LogP contribution in [0.4, 0.5) is 0 Å². The Kier molecular flexibility index (Phi) is 7.05. The molecule has 1 aromatic carbocycles. The predicted octanol–water partition coefficient (Wildman–Crippen LogP) is 2.44. The number of aryl methyl sites for hydroxylation is 1. The summed E-state index contributed by atoms with van der Waals surface area (Å²) in [4.78, 5) is 21.7. The lowest BCUT2D eigenvalue weighted by Gasteiger charge is -2.34. The van der Waals surface area contributed by atoms with Gasteiger partial charge < -0.3 is 4.90 Å². The first-order valence-electron chi connectivity index (χ1n) is 9.88. The quantitative estimate of drug-likeness (QED) is 0.667. The Morgan fingerprint density at radius 2 is 1.72 bits per heavy atom. The molecule has 0 bridgehead atoms. The molecule has 0 atom stereocenters. The molecule has 1 aliphatic rings. The van der Waals surface area contributed by atoms with Crippen molar-refractivity contribution in [2.45, 2.75) is 32.2 Å². The van der Waals surface area contributed by atoms with Crippen LogP contribution in [0.15, 0.2) is 34.5 Å². The van der Waals surface area contributed by atoms with Crippen LogP contribution in [-0.2, 0) is 16.6 Å². The molecule has 1 amide bonds. The van der Waals surface area contributed by atoms with E-state index in [0.717, 1.165) is 30.3 Å². The fraction of sp³-hybridized carbons (Fsp3) is 0.500. The normalized spacial score (nSPS) is 15.8. The van der Waals surface area contributed by atoms with E-state index in [1.165, 1.54) is 16.4 Å². The molecule has 3 rings (SSSR count). The zero-order valence-electron chi connectivity index (χ0n) is 17.2. The Morgan fingerprint density at radius 3 is 2.24 bits per heavy atom. The summed E-state index contributed by atoms with van der Waals surface area (Å²) < 4.78 is 26.6. The lowest BCUT2D eigenvalue weighted by Crippen LogP contribution is -2.48. The maximum Gasteiger partial charge on any atom is 0.253 e. The maximum absolute atomic E-state index is 12.8. The first kappa shape index (κ1) is 21.9. The van der Waals surface area contributed by atoms with E-state index in [4.69, 9.17) is 0 Å². The van der Waals surface area contributed by atoms with Gasteiger partial charge in [0, 0.05) is 55.9 Å². The standard InChI is InChI=1S/C20H28N4O3S2/c1-4-24(5-2)29(26,27)18-8-6-17(7-9-18)20(25)23-12-10-22(11-13-23)14-19-21-16(3)15-28-19/h6-9,15H,4-5,10-14H2,1-3H3. The average Bonchev–Trinajstić information content (AvgIpc) is 3.13. The van der Waals surface area contributed by atoms with E-state index >= 15 is 0 Å². The molecule has 2 aromatic rings. The van der Waals surface area contributed by atoms with Crippen molar-refractivity contribution in [3.05, 3.63) is 45.9 Å². The molecular weight excluding hydrogens is 408 g/mol. The van der Waals surface area contributed by atoms with Crippen LogP contribution in [-0.4, -0.2) is 72.7 Å². The molecule has 0 radical (unpaired) electrons. The number of rotatable bonds is 7. The number of piperazine rings is 1. The van der Waals surface area contributed by atoms with Gasteiger partial charge in [-0.05, 0) is 31.2 Å². The zero-order chi connectivity index (χ0) is 21.0. The number of thiazole rings is 1. The minimum absolute atomic E-state index is 0.0541. The third-order valence-electron chi connectivity index (χ3n) is 5.13. The van der Waals surface area contributed by atoms with E-state index in [0.29, 0.717) is 31.7 Å². The first-order chi connectivity index (χ1) is 13.8. The third kappa shape index (κ3) is 5.03. The van der Waals surface area contributed by atoms with E-state index in [9.17, 15) is 13.2 Å². The number of aromatic nitrogens is 1. The summed E-state index contributed by atoms with van der Waals surface area (Å²) in [5, 5.41) is 3.16. The predicted molar refractivity (Wildman–Crippen MR) is 115 cm³/mol. The monoisotopic (exact) mass is 436 g/mol. The molecular formula is C20H28N4O3S2. The number of carbonyl (C=O) groups is 1. The van der Waals surface area contributed by atoms with Crippen molar-refractivity contribution in [1.29, 1.82) is 0 Å². The van der Waals surface area contributed by atoms with Crippen LogP contribution >= 0.6 is 11.3 Å². The summed E-state index contributed by atoms with van der Waals surface area (Å²) >= 11 is 1.67. The molecule has 0 saturated carbocycles. The van der Waals surface area contributed by atoms with Crippen molar-refractivity contribution in [3.8, 4) is 0 Å². The van der Waals surface area contributed by atoms with Crippen LogP contribution < -0.4 is 0 Å². The molecule has 1 aliphatic heterocycles. The minimum atomic E-state index is -3.51. The highest BCUT2D eigenvalue weighted by Gasteiger charge is 2.25. The summed E-state index contributed by atoms with van der Waals surface area (Å²) in [6.45, 7) is 10.2. The molecule has 1 fully saturated rings. The van der Waals surface area contributed by atoms with Gasteiger partial charge in [0.2, 0.25) is 10.0 Å². The van der Waals surface area contributed by atoms with E-state index in [2.05, 4.69) is 15.3 Å². The van der Waals surface area contributed by atoms with Crippen molar-refractivity contribution in [3.63, 3.8) is 0 Å². The highest BCUT2D eigenvalue weighted by atomic mass is 32.2. The number of carbonyl (C=O) groups excluding carboxylic acids is 1. The summed E-state index contributed by atoms with van der Waals surface area (Å²) in [7, 11) is -3.51. The summed E-state index contributed by atoms with van der Waals surface area (Å²) in [6, 6.07) is 6.29. The number of hydrogen-bond acceptors (Lipinski definition) is 6. The summed E-state index contributed by atoms with van der Waals surface area (Å²) in [6.07, 6.45) is 0. The number of benzene rings is 1. The zero-order valence-corrected chi connectivity index (χ0v) is 18.8. The average molecular weight is 437 g/mol. The largest absolute Gasteiger partial charge is 0.336 e. The number of sulfonamides is 1. The van der Waals surface area contributed by atoms with Crippen molar-refractivity contribution < 1.29 is 13.2 Å². The van der Waals surface area contributed by atoms with Gasteiger partial charge in [-0.2, -0.15) is 4.31 Å². The van der Waals surface area contributed by atoms with Crippen molar-refractivity contribution in [2.24, 2.45) is 0 Å². The van der Waals surface area contributed by atoms with Crippen molar-refractivity contribution in [2.75, 3.05) is 39.3 Å². The van der Waals surface area contributed by atoms with Crippen LogP contribution in [0.2, 0.25) is 0 Å². The maximum atomic E-state index is 12.8. The summed E-state index contributed by atoms with van der Waals surface area (Å²) in [5.41, 5.74) is 1.57. The molecule has 1 aromatic heterocycles. The van der Waals surface area contributed by atoms with Crippen molar-refractivity contribution >= 4 is 27.3 Å². The second kappa shape index (κ2) is 9.34. The molecule has 0 N–H and O–H groups in total. The highest BCUT2D eigenvalue weighted by molar-refractivity contribution is 7.89. The molecule has 0 spiro atoms. The van der Waals surface area contributed by atoms with Gasteiger partial charge in [-0.1, -0.05) is 13.8 Å². The van der Waals surface area contributed by atoms with Gasteiger partial charge in [0.25, 0.3) is 5.91 Å². The molecule has 158 valence electrons. The summed E-state index contributed by atoms with van der Waals surface area (Å²) in [5.74, 6) is -0.0541. The lowest BCUT2D eigenvalue weighted by molar-refractivity contribution is 0.0628. The topological polar surface area (TPSA) is 73.8 Å². The smallest absolute Gasteiger partial charge is 0.253 e. The molecule has 0 aliphatic carbocycles. The number of nitrogens with zero attached hydrogens (tertiary/aromatic N) is 4. The van der Waals surface area contributed by atoms with Crippen LogP contribution in [0.25, 0.3) is 0 Å². The Bertz CT molecular complexity index is 929. The Balaban J connectivity index is 1.60. The van der Waals surface area contributed by atoms with E-state index in [1.807, 2.05) is 25.7 Å². The van der Waals surface area contributed by atoms with Gasteiger partial charge in [-0.15, -0.1) is 11.3 Å². The first-order valence-corrected chi connectivity index (χ1v) is 12.2. The molecule has 2 heterocycles. The van der Waals surface area contributed by atoms with Gasteiger partial charge in [0.15, 0.2) is 0 Å². The Hall–Kier alpha value is -1.81. The number of hydrogen-bond donors (Lipinski definition) is 0. The van der Waals surface area contributed by atoms with E-state index in [-0.39, 0.29) is 10.8 Å². The fourth-order valence-corrected chi connectivity index (χ4v) is 5.71. The highest BCUT2D eigenvalue weighted by Crippen LogP contribution is 2.18. The second-order valence-electron chi connectivity index (χ2n) is 7.06. The molecule has 9 heteroatoms. The fourth-order valence-electron chi connectivity index (χ4n) is 3.44. The molecule has 1 saturated heterocycles. The molecule has 29 heavy (non-hydrogen) atoms. The Labute approximate surface area is 177 Å². The van der Waals surface area contributed by atoms with Gasteiger partial charge in [0.05, 0.1) is 11.4 Å². The van der Waals surface area contributed by atoms with Crippen molar-refractivity contribution in [1.82, 2.24) is 19.1 Å². The lowest BCUT2D eigenvalue weighted by atomic mass is 10.2. The second-order valence-corrected chi connectivity index (χ2v) is 9.95. The van der Waals surface area contributed by atoms with Gasteiger partial charge in [-0.3, -0.25) is 9.69 Å². The molecule has 7 nitrogen and oxygen atoms in total.